The minimum Gasteiger partial charge on any atom is -0.381 e. The maximum atomic E-state index is 12.3. The SMILES string of the molecule is CCc1c(Cl)[nH]c(=O)n(C(C)C2CCOC2)c1=O. The molecule has 0 amide bonds. The van der Waals surface area contributed by atoms with Gasteiger partial charge >= 0.3 is 5.69 Å². The average Bonchev–Trinajstić information content (AvgIpc) is 2.81. The van der Waals surface area contributed by atoms with E-state index in [-0.39, 0.29) is 22.7 Å². The fraction of sp³-hybridized carbons (Fsp3) is 0.667. The summed E-state index contributed by atoms with van der Waals surface area (Å²) in [5.74, 6) is 0.203. The first-order valence-electron chi connectivity index (χ1n) is 6.17. The fourth-order valence-electron chi connectivity index (χ4n) is 2.38. The number of ether oxygens (including phenoxy) is 1. The lowest BCUT2D eigenvalue weighted by Gasteiger charge is -2.20. The Morgan fingerprint density at radius 3 is 2.83 bits per heavy atom. The van der Waals surface area contributed by atoms with Crippen LogP contribution < -0.4 is 11.2 Å². The van der Waals surface area contributed by atoms with E-state index in [1.807, 2.05) is 13.8 Å². The van der Waals surface area contributed by atoms with Crippen LogP contribution in [0.15, 0.2) is 9.59 Å². The molecule has 100 valence electrons. The molecule has 1 aromatic rings. The van der Waals surface area contributed by atoms with Gasteiger partial charge < -0.3 is 4.74 Å². The van der Waals surface area contributed by atoms with Gasteiger partial charge in [-0.2, -0.15) is 0 Å². The highest BCUT2D eigenvalue weighted by atomic mass is 35.5. The first kappa shape index (κ1) is 13.4. The lowest BCUT2D eigenvalue weighted by atomic mass is 10.0. The summed E-state index contributed by atoms with van der Waals surface area (Å²) in [6.45, 7) is 5.00. The topological polar surface area (TPSA) is 64.1 Å². The van der Waals surface area contributed by atoms with Crippen molar-refractivity contribution in [3.8, 4) is 0 Å². The first-order valence-corrected chi connectivity index (χ1v) is 6.55. The third-order valence-electron chi connectivity index (χ3n) is 3.59. The predicted octanol–water partition coefficient (Wildman–Crippen LogP) is 1.35. The molecule has 0 aliphatic carbocycles. The van der Waals surface area contributed by atoms with E-state index in [0.717, 1.165) is 6.42 Å². The van der Waals surface area contributed by atoms with Crippen molar-refractivity contribution >= 4 is 11.6 Å². The third kappa shape index (κ3) is 2.24. The van der Waals surface area contributed by atoms with Gasteiger partial charge in [-0.3, -0.25) is 14.3 Å². The third-order valence-corrected chi connectivity index (χ3v) is 3.91. The summed E-state index contributed by atoms with van der Waals surface area (Å²) in [7, 11) is 0. The zero-order chi connectivity index (χ0) is 13.3. The summed E-state index contributed by atoms with van der Waals surface area (Å²) in [5.41, 5.74) is -0.269. The maximum Gasteiger partial charge on any atom is 0.329 e. The Morgan fingerprint density at radius 2 is 2.28 bits per heavy atom. The summed E-state index contributed by atoms with van der Waals surface area (Å²) < 4.78 is 6.57. The Labute approximate surface area is 110 Å². The molecule has 2 heterocycles. The average molecular weight is 273 g/mol. The van der Waals surface area contributed by atoms with Crippen molar-refractivity contribution in [3.63, 3.8) is 0 Å². The molecule has 5 nitrogen and oxygen atoms in total. The molecular formula is C12H17ClN2O3. The molecular weight excluding hydrogens is 256 g/mol. The number of aromatic nitrogens is 2. The van der Waals surface area contributed by atoms with Gasteiger partial charge in [0.05, 0.1) is 12.2 Å². The van der Waals surface area contributed by atoms with Crippen LogP contribution in [0, 0.1) is 5.92 Å². The molecule has 1 aliphatic heterocycles. The predicted molar refractivity (Wildman–Crippen MR) is 69.3 cm³/mol. The van der Waals surface area contributed by atoms with Gasteiger partial charge in [0.15, 0.2) is 0 Å². The number of nitrogens with zero attached hydrogens (tertiary/aromatic N) is 1. The van der Waals surface area contributed by atoms with Crippen molar-refractivity contribution in [2.24, 2.45) is 5.92 Å². The van der Waals surface area contributed by atoms with Gasteiger partial charge in [0, 0.05) is 18.6 Å². The molecule has 1 N–H and O–H groups in total. The molecule has 2 atom stereocenters. The van der Waals surface area contributed by atoms with Gasteiger partial charge in [-0.15, -0.1) is 0 Å². The van der Waals surface area contributed by atoms with E-state index in [4.69, 9.17) is 16.3 Å². The second kappa shape index (κ2) is 5.28. The molecule has 2 unspecified atom stereocenters. The molecule has 2 rings (SSSR count). The molecule has 1 fully saturated rings. The highest BCUT2D eigenvalue weighted by Crippen LogP contribution is 2.24. The number of rotatable bonds is 3. The highest BCUT2D eigenvalue weighted by Gasteiger charge is 2.26. The number of halogens is 1. The van der Waals surface area contributed by atoms with Crippen LogP contribution in [0.25, 0.3) is 0 Å². The van der Waals surface area contributed by atoms with E-state index in [2.05, 4.69) is 4.98 Å². The van der Waals surface area contributed by atoms with Gasteiger partial charge in [0.1, 0.15) is 5.15 Å². The number of hydrogen-bond donors (Lipinski definition) is 1. The van der Waals surface area contributed by atoms with Crippen LogP contribution in [-0.2, 0) is 11.2 Å². The summed E-state index contributed by atoms with van der Waals surface area (Å²) in [6, 6.07) is -0.175. The normalized spacial score (nSPS) is 21.2. The van der Waals surface area contributed by atoms with Crippen LogP contribution >= 0.6 is 11.6 Å². The minimum atomic E-state index is -0.443. The van der Waals surface area contributed by atoms with Crippen molar-refractivity contribution in [1.29, 1.82) is 0 Å². The van der Waals surface area contributed by atoms with Gasteiger partial charge in [-0.1, -0.05) is 18.5 Å². The van der Waals surface area contributed by atoms with E-state index in [9.17, 15) is 9.59 Å². The highest BCUT2D eigenvalue weighted by molar-refractivity contribution is 6.30. The molecule has 6 heteroatoms. The van der Waals surface area contributed by atoms with Gasteiger partial charge in [-0.05, 0) is 19.8 Å². The summed E-state index contributed by atoms with van der Waals surface area (Å²) in [4.78, 5) is 26.7. The first-order chi connectivity index (χ1) is 8.56. The smallest absolute Gasteiger partial charge is 0.329 e. The Balaban J connectivity index is 2.50. The zero-order valence-corrected chi connectivity index (χ0v) is 11.3. The van der Waals surface area contributed by atoms with E-state index in [1.165, 1.54) is 4.57 Å². The van der Waals surface area contributed by atoms with Crippen LogP contribution in [0.1, 0.15) is 31.9 Å². The standard InChI is InChI=1S/C12H17ClN2O3/c1-3-9-10(13)14-12(17)15(11(9)16)7(2)8-4-5-18-6-8/h7-8H,3-6H2,1-2H3,(H,14,17). The second-order valence-corrected chi connectivity index (χ2v) is 4.99. The minimum absolute atomic E-state index is 0.152. The number of nitrogens with one attached hydrogen (secondary N) is 1. The fourth-order valence-corrected chi connectivity index (χ4v) is 2.68. The molecule has 0 saturated carbocycles. The van der Waals surface area contributed by atoms with E-state index >= 15 is 0 Å². The monoisotopic (exact) mass is 272 g/mol. The summed E-state index contributed by atoms with van der Waals surface area (Å²) >= 11 is 5.88. The van der Waals surface area contributed by atoms with Crippen LogP contribution in [-0.4, -0.2) is 22.8 Å². The van der Waals surface area contributed by atoms with Crippen molar-refractivity contribution in [1.82, 2.24) is 9.55 Å². The van der Waals surface area contributed by atoms with Gasteiger partial charge in [0.25, 0.3) is 5.56 Å². The number of H-pyrrole nitrogens is 1. The Morgan fingerprint density at radius 1 is 1.56 bits per heavy atom. The molecule has 0 spiro atoms. The van der Waals surface area contributed by atoms with E-state index < -0.39 is 5.69 Å². The maximum absolute atomic E-state index is 12.3. The Kier molecular flexibility index (Phi) is 3.92. The molecule has 1 aliphatic rings. The quantitative estimate of drug-likeness (QED) is 0.845. The van der Waals surface area contributed by atoms with Gasteiger partial charge in [0.2, 0.25) is 0 Å². The molecule has 0 aromatic carbocycles. The molecule has 1 aromatic heterocycles. The Bertz CT molecular complexity index is 543. The Hall–Kier alpha value is -1.07. The van der Waals surface area contributed by atoms with Crippen LogP contribution in [0.5, 0.6) is 0 Å². The van der Waals surface area contributed by atoms with Crippen LogP contribution in [0.2, 0.25) is 5.15 Å². The zero-order valence-electron chi connectivity index (χ0n) is 10.5. The molecule has 0 radical (unpaired) electrons. The summed E-state index contributed by atoms with van der Waals surface area (Å²) in [5, 5.41) is 0.152. The lowest BCUT2D eigenvalue weighted by molar-refractivity contribution is 0.173. The number of aromatic amines is 1. The van der Waals surface area contributed by atoms with Crippen LogP contribution in [0.3, 0.4) is 0 Å². The van der Waals surface area contributed by atoms with Crippen molar-refractivity contribution in [3.05, 3.63) is 31.6 Å². The van der Waals surface area contributed by atoms with E-state index in [0.29, 0.717) is 25.2 Å². The van der Waals surface area contributed by atoms with Crippen molar-refractivity contribution in [2.45, 2.75) is 32.7 Å². The molecule has 18 heavy (non-hydrogen) atoms. The number of hydrogen-bond acceptors (Lipinski definition) is 3. The van der Waals surface area contributed by atoms with Crippen molar-refractivity contribution < 1.29 is 4.74 Å². The second-order valence-electron chi connectivity index (χ2n) is 4.62. The largest absolute Gasteiger partial charge is 0.381 e. The van der Waals surface area contributed by atoms with Crippen molar-refractivity contribution in [2.75, 3.05) is 13.2 Å². The molecule has 1 saturated heterocycles. The van der Waals surface area contributed by atoms with Gasteiger partial charge in [-0.25, -0.2) is 4.79 Å². The molecule has 0 bridgehead atoms. The van der Waals surface area contributed by atoms with Crippen LogP contribution in [0.4, 0.5) is 0 Å². The summed E-state index contributed by atoms with van der Waals surface area (Å²) in [6.07, 6.45) is 1.37. The lowest BCUT2D eigenvalue weighted by Crippen LogP contribution is -2.41. The van der Waals surface area contributed by atoms with E-state index in [1.54, 1.807) is 0 Å².